The summed E-state index contributed by atoms with van der Waals surface area (Å²) in [6, 6.07) is 6.71. The van der Waals surface area contributed by atoms with E-state index in [1.54, 1.807) is 29.2 Å². The van der Waals surface area contributed by atoms with Crippen molar-refractivity contribution in [1.82, 2.24) is 10.2 Å². The summed E-state index contributed by atoms with van der Waals surface area (Å²) in [7, 11) is 0. The minimum atomic E-state index is -0.435. The first-order valence-electron chi connectivity index (χ1n) is 6.97. The Morgan fingerprint density at radius 2 is 2.15 bits per heavy atom. The highest BCUT2D eigenvalue weighted by atomic mass is 16.3. The van der Waals surface area contributed by atoms with Crippen molar-refractivity contribution in [3.63, 3.8) is 0 Å². The van der Waals surface area contributed by atoms with E-state index in [4.69, 9.17) is 0 Å². The van der Waals surface area contributed by atoms with Crippen molar-refractivity contribution in [2.75, 3.05) is 19.6 Å². The third-order valence-electron chi connectivity index (χ3n) is 3.36. The van der Waals surface area contributed by atoms with Gasteiger partial charge in [0.25, 0.3) is 11.8 Å². The quantitative estimate of drug-likeness (QED) is 0.863. The van der Waals surface area contributed by atoms with Gasteiger partial charge in [-0.15, -0.1) is 0 Å². The first kappa shape index (κ1) is 14.5. The van der Waals surface area contributed by atoms with Crippen LogP contribution >= 0.6 is 0 Å². The van der Waals surface area contributed by atoms with E-state index in [2.05, 4.69) is 5.32 Å². The van der Waals surface area contributed by atoms with E-state index in [1.165, 1.54) is 0 Å². The third kappa shape index (κ3) is 3.36. The molecule has 5 nitrogen and oxygen atoms in total. The van der Waals surface area contributed by atoms with Crippen molar-refractivity contribution < 1.29 is 14.7 Å². The van der Waals surface area contributed by atoms with Gasteiger partial charge in [0.15, 0.2) is 0 Å². The Morgan fingerprint density at radius 1 is 1.40 bits per heavy atom. The SMILES string of the molecule is CCCNC(=O)c1cccc(C(=O)N2CC[C@@H](O)C2)c1. The van der Waals surface area contributed by atoms with E-state index in [9.17, 15) is 14.7 Å². The number of benzene rings is 1. The zero-order chi connectivity index (χ0) is 14.5. The molecule has 0 unspecified atom stereocenters. The molecule has 1 aromatic rings. The second kappa shape index (κ2) is 6.52. The number of hydrogen-bond donors (Lipinski definition) is 2. The second-order valence-corrected chi connectivity index (χ2v) is 5.03. The smallest absolute Gasteiger partial charge is 0.253 e. The van der Waals surface area contributed by atoms with Gasteiger partial charge in [-0.25, -0.2) is 0 Å². The number of carbonyl (C=O) groups is 2. The fraction of sp³-hybridized carbons (Fsp3) is 0.467. The Hall–Kier alpha value is -1.88. The summed E-state index contributed by atoms with van der Waals surface area (Å²) < 4.78 is 0. The second-order valence-electron chi connectivity index (χ2n) is 5.03. The summed E-state index contributed by atoms with van der Waals surface area (Å²) in [4.78, 5) is 25.8. The largest absolute Gasteiger partial charge is 0.391 e. The minimum absolute atomic E-state index is 0.133. The summed E-state index contributed by atoms with van der Waals surface area (Å²) >= 11 is 0. The molecule has 1 aromatic carbocycles. The maximum Gasteiger partial charge on any atom is 0.253 e. The van der Waals surface area contributed by atoms with Crippen LogP contribution in [0.15, 0.2) is 24.3 Å². The van der Waals surface area contributed by atoms with E-state index in [-0.39, 0.29) is 11.8 Å². The molecule has 1 saturated heterocycles. The van der Waals surface area contributed by atoms with Gasteiger partial charge in [-0.3, -0.25) is 9.59 Å². The van der Waals surface area contributed by atoms with Gasteiger partial charge < -0.3 is 15.3 Å². The molecule has 0 radical (unpaired) electrons. The van der Waals surface area contributed by atoms with Crippen molar-refractivity contribution in [3.8, 4) is 0 Å². The summed E-state index contributed by atoms with van der Waals surface area (Å²) in [5.74, 6) is -0.297. The zero-order valence-electron chi connectivity index (χ0n) is 11.6. The van der Waals surface area contributed by atoms with Crippen LogP contribution in [-0.4, -0.2) is 47.6 Å². The van der Waals surface area contributed by atoms with Crippen LogP contribution < -0.4 is 5.32 Å². The van der Waals surface area contributed by atoms with Crippen LogP contribution in [0.2, 0.25) is 0 Å². The number of rotatable bonds is 4. The Morgan fingerprint density at radius 3 is 2.80 bits per heavy atom. The van der Waals surface area contributed by atoms with Gasteiger partial charge in [0.2, 0.25) is 0 Å². The van der Waals surface area contributed by atoms with Crippen LogP contribution in [0.1, 0.15) is 40.5 Å². The molecule has 20 heavy (non-hydrogen) atoms. The van der Waals surface area contributed by atoms with Gasteiger partial charge in [-0.1, -0.05) is 13.0 Å². The molecule has 0 aliphatic carbocycles. The highest BCUT2D eigenvalue weighted by molar-refractivity contribution is 5.99. The zero-order valence-corrected chi connectivity index (χ0v) is 11.6. The lowest BCUT2D eigenvalue weighted by molar-refractivity contribution is 0.0765. The number of carbonyl (C=O) groups excluding carboxylic acids is 2. The highest BCUT2D eigenvalue weighted by Gasteiger charge is 2.25. The predicted molar refractivity (Wildman–Crippen MR) is 75.6 cm³/mol. The Kier molecular flexibility index (Phi) is 4.74. The third-order valence-corrected chi connectivity index (χ3v) is 3.36. The fourth-order valence-corrected chi connectivity index (χ4v) is 2.24. The fourth-order valence-electron chi connectivity index (χ4n) is 2.24. The summed E-state index contributed by atoms with van der Waals surface area (Å²) in [6.45, 7) is 3.53. The Bertz CT molecular complexity index is 502. The lowest BCUT2D eigenvalue weighted by atomic mass is 10.1. The standard InChI is InChI=1S/C15H20N2O3/c1-2-7-16-14(19)11-4-3-5-12(9-11)15(20)17-8-6-13(18)10-17/h3-5,9,13,18H,2,6-8,10H2,1H3,(H,16,19)/t13-/m1/s1. The molecule has 1 aliphatic rings. The van der Waals surface area contributed by atoms with Crippen molar-refractivity contribution in [2.24, 2.45) is 0 Å². The first-order valence-corrected chi connectivity index (χ1v) is 6.97. The van der Waals surface area contributed by atoms with Gasteiger partial charge in [0.1, 0.15) is 0 Å². The molecule has 1 atom stereocenters. The average molecular weight is 276 g/mol. The topological polar surface area (TPSA) is 69.6 Å². The number of nitrogens with zero attached hydrogens (tertiary/aromatic N) is 1. The van der Waals surface area contributed by atoms with Gasteiger partial charge >= 0.3 is 0 Å². The van der Waals surface area contributed by atoms with E-state index in [1.807, 2.05) is 6.92 Å². The summed E-state index contributed by atoms with van der Waals surface area (Å²) in [6.07, 6.45) is 1.05. The van der Waals surface area contributed by atoms with Crippen molar-refractivity contribution in [2.45, 2.75) is 25.9 Å². The molecular weight excluding hydrogens is 256 g/mol. The van der Waals surface area contributed by atoms with Crippen LogP contribution in [0.4, 0.5) is 0 Å². The van der Waals surface area contributed by atoms with E-state index in [0.29, 0.717) is 37.2 Å². The van der Waals surface area contributed by atoms with Gasteiger partial charge in [-0.05, 0) is 31.0 Å². The summed E-state index contributed by atoms with van der Waals surface area (Å²) in [5, 5.41) is 12.3. The normalized spacial score (nSPS) is 18.1. The molecule has 1 fully saturated rings. The number of aliphatic hydroxyl groups excluding tert-OH is 1. The molecule has 2 rings (SSSR count). The van der Waals surface area contributed by atoms with Gasteiger partial charge in [0.05, 0.1) is 6.10 Å². The van der Waals surface area contributed by atoms with Crippen LogP contribution in [0.3, 0.4) is 0 Å². The van der Waals surface area contributed by atoms with Crippen molar-refractivity contribution in [1.29, 1.82) is 0 Å². The number of aliphatic hydroxyl groups is 1. The maximum atomic E-state index is 12.3. The van der Waals surface area contributed by atoms with Gasteiger partial charge in [0, 0.05) is 30.8 Å². The Labute approximate surface area is 118 Å². The molecular formula is C15H20N2O3. The molecule has 2 amide bonds. The molecule has 0 saturated carbocycles. The van der Waals surface area contributed by atoms with Crippen molar-refractivity contribution >= 4 is 11.8 Å². The molecule has 108 valence electrons. The molecule has 0 aromatic heterocycles. The molecule has 0 bridgehead atoms. The predicted octanol–water partition coefficient (Wildman–Crippen LogP) is 1.03. The van der Waals surface area contributed by atoms with Crippen LogP contribution in [0, 0.1) is 0 Å². The lowest BCUT2D eigenvalue weighted by Crippen LogP contribution is -2.30. The molecule has 0 spiro atoms. The average Bonchev–Trinajstić information content (AvgIpc) is 2.90. The van der Waals surface area contributed by atoms with E-state index < -0.39 is 6.10 Å². The van der Waals surface area contributed by atoms with Crippen LogP contribution in [0.5, 0.6) is 0 Å². The molecule has 2 N–H and O–H groups in total. The van der Waals surface area contributed by atoms with Crippen LogP contribution in [-0.2, 0) is 0 Å². The van der Waals surface area contributed by atoms with E-state index >= 15 is 0 Å². The van der Waals surface area contributed by atoms with E-state index in [0.717, 1.165) is 6.42 Å². The monoisotopic (exact) mass is 276 g/mol. The number of nitrogens with one attached hydrogen (secondary N) is 1. The van der Waals surface area contributed by atoms with Gasteiger partial charge in [-0.2, -0.15) is 0 Å². The molecule has 5 heteroatoms. The first-order chi connectivity index (χ1) is 9.61. The number of hydrogen-bond acceptors (Lipinski definition) is 3. The summed E-state index contributed by atoms with van der Waals surface area (Å²) in [5.41, 5.74) is 0.979. The number of β-amino-alcohol motifs (C(OH)–C–C–N with tert-alkyl or cyclic N) is 1. The number of amides is 2. The van der Waals surface area contributed by atoms with Crippen LogP contribution in [0.25, 0.3) is 0 Å². The highest BCUT2D eigenvalue weighted by Crippen LogP contribution is 2.14. The van der Waals surface area contributed by atoms with Crippen molar-refractivity contribution in [3.05, 3.63) is 35.4 Å². The lowest BCUT2D eigenvalue weighted by Gasteiger charge is -2.16. The molecule has 1 aliphatic heterocycles. The molecule has 1 heterocycles. The Balaban J connectivity index is 2.09. The number of likely N-dealkylation sites (tertiary alicyclic amines) is 1. The maximum absolute atomic E-state index is 12.3. The minimum Gasteiger partial charge on any atom is -0.391 e.